The van der Waals surface area contributed by atoms with E-state index in [-0.39, 0.29) is 0 Å². The number of hydrogen-bond donors (Lipinski definition) is 1. The van der Waals surface area contributed by atoms with Crippen molar-refractivity contribution in [2.24, 2.45) is 0 Å². The lowest BCUT2D eigenvalue weighted by Crippen LogP contribution is -2.37. The van der Waals surface area contributed by atoms with Gasteiger partial charge in [-0.25, -0.2) is 0 Å². The first-order chi connectivity index (χ1) is 7.77. The minimum Gasteiger partial charge on any atom is -0.379 e. The summed E-state index contributed by atoms with van der Waals surface area (Å²) in [6, 6.07) is 0. The number of aryl methyl sites for hydroxylation is 1. The summed E-state index contributed by atoms with van der Waals surface area (Å²) in [5.41, 5.74) is 1.21. The highest BCUT2D eigenvalue weighted by Gasteiger charge is 2.09. The predicted molar refractivity (Wildman–Crippen MR) is 66.2 cm³/mol. The third-order valence-corrected chi connectivity index (χ3v) is 3.37. The van der Waals surface area contributed by atoms with Crippen molar-refractivity contribution in [2.45, 2.75) is 19.9 Å². The van der Waals surface area contributed by atoms with Gasteiger partial charge in [-0.2, -0.15) is 0 Å². The quantitative estimate of drug-likeness (QED) is 0.812. The van der Waals surface area contributed by atoms with Crippen molar-refractivity contribution >= 4 is 12.2 Å². The van der Waals surface area contributed by atoms with Crippen LogP contribution in [0.15, 0.2) is 6.20 Å². The molecule has 2 rings (SSSR count). The molecule has 0 atom stereocenters. The van der Waals surface area contributed by atoms with E-state index >= 15 is 0 Å². The van der Waals surface area contributed by atoms with E-state index in [1.807, 2.05) is 6.20 Å². The van der Waals surface area contributed by atoms with Gasteiger partial charge in [0, 0.05) is 38.1 Å². The Morgan fingerprint density at radius 2 is 2.12 bits per heavy atom. The summed E-state index contributed by atoms with van der Waals surface area (Å²) in [5.74, 6) is 0. The van der Waals surface area contributed by atoms with Gasteiger partial charge >= 0.3 is 0 Å². The first-order valence-corrected chi connectivity index (χ1v) is 6.23. The van der Waals surface area contributed by atoms with Gasteiger partial charge in [0.1, 0.15) is 0 Å². The van der Waals surface area contributed by atoms with E-state index in [1.54, 1.807) is 0 Å². The van der Waals surface area contributed by atoms with Crippen LogP contribution in [0.3, 0.4) is 0 Å². The van der Waals surface area contributed by atoms with Crippen molar-refractivity contribution in [3.63, 3.8) is 0 Å². The molecule has 1 aliphatic rings. The fourth-order valence-electron chi connectivity index (χ4n) is 2.04. The Morgan fingerprint density at radius 3 is 2.75 bits per heavy atom. The van der Waals surface area contributed by atoms with Crippen molar-refractivity contribution in [2.75, 3.05) is 32.8 Å². The molecule has 16 heavy (non-hydrogen) atoms. The molecular weight excluding hydrogens is 222 g/mol. The fourth-order valence-corrected chi connectivity index (χ4v) is 2.33. The van der Waals surface area contributed by atoms with Crippen molar-refractivity contribution in [3.8, 4) is 0 Å². The number of nitrogens with zero attached hydrogens (tertiary/aromatic N) is 2. The number of imidazole rings is 1. The molecule has 0 amide bonds. The van der Waals surface area contributed by atoms with E-state index in [1.165, 1.54) is 5.69 Å². The van der Waals surface area contributed by atoms with Crippen molar-refractivity contribution < 1.29 is 4.74 Å². The summed E-state index contributed by atoms with van der Waals surface area (Å²) >= 11 is 5.22. The van der Waals surface area contributed by atoms with Gasteiger partial charge in [-0.15, -0.1) is 0 Å². The minimum atomic E-state index is 0.833. The van der Waals surface area contributed by atoms with Crippen LogP contribution in [0.1, 0.15) is 12.1 Å². The molecule has 90 valence electrons. The third kappa shape index (κ3) is 2.93. The fraction of sp³-hybridized carbons (Fsp3) is 0.727. The molecular formula is C11H19N3OS. The summed E-state index contributed by atoms with van der Waals surface area (Å²) < 4.78 is 8.32. The molecule has 0 bridgehead atoms. The monoisotopic (exact) mass is 241 g/mol. The predicted octanol–water partition coefficient (Wildman–Crippen LogP) is 1.58. The van der Waals surface area contributed by atoms with Crippen LogP contribution in [0.5, 0.6) is 0 Å². The molecule has 0 aliphatic carbocycles. The summed E-state index contributed by atoms with van der Waals surface area (Å²) in [4.78, 5) is 5.52. The summed E-state index contributed by atoms with van der Waals surface area (Å²) in [7, 11) is 0. The van der Waals surface area contributed by atoms with Crippen LogP contribution >= 0.6 is 12.2 Å². The number of ether oxygens (including phenoxy) is 1. The highest BCUT2D eigenvalue weighted by Crippen LogP contribution is 2.03. The van der Waals surface area contributed by atoms with Crippen molar-refractivity contribution in [3.05, 3.63) is 16.7 Å². The molecule has 1 aromatic heterocycles. The molecule has 2 heterocycles. The Morgan fingerprint density at radius 1 is 1.38 bits per heavy atom. The van der Waals surface area contributed by atoms with E-state index in [4.69, 9.17) is 17.0 Å². The highest BCUT2D eigenvalue weighted by atomic mass is 32.1. The van der Waals surface area contributed by atoms with Crippen LogP contribution in [0, 0.1) is 11.7 Å². The van der Waals surface area contributed by atoms with E-state index < -0.39 is 0 Å². The van der Waals surface area contributed by atoms with Crippen LogP contribution in [0.4, 0.5) is 0 Å². The third-order valence-electron chi connectivity index (χ3n) is 3.04. The summed E-state index contributed by atoms with van der Waals surface area (Å²) in [6.07, 6.45) is 3.12. The lowest BCUT2D eigenvalue weighted by Gasteiger charge is -2.26. The number of aromatic nitrogens is 2. The summed E-state index contributed by atoms with van der Waals surface area (Å²) in [6.45, 7) is 8.11. The highest BCUT2D eigenvalue weighted by molar-refractivity contribution is 7.71. The van der Waals surface area contributed by atoms with Gasteiger partial charge in [0.15, 0.2) is 4.77 Å². The molecule has 0 radical (unpaired) electrons. The molecule has 5 heteroatoms. The zero-order valence-corrected chi connectivity index (χ0v) is 10.6. The molecule has 1 aromatic rings. The molecule has 0 aromatic carbocycles. The molecule has 0 unspecified atom stereocenters. The van der Waals surface area contributed by atoms with Crippen LogP contribution in [-0.4, -0.2) is 47.3 Å². The molecule has 1 saturated heterocycles. The van der Waals surface area contributed by atoms with Gasteiger partial charge in [-0.3, -0.25) is 4.90 Å². The maximum absolute atomic E-state index is 5.32. The number of nitrogens with one attached hydrogen (secondary N) is 1. The largest absolute Gasteiger partial charge is 0.379 e. The Hall–Kier alpha value is -0.650. The Labute approximate surface area is 101 Å². The molecule has 1 aliphatic heterocycles. The first-order valence-electron chi connectivity index (χ1n) is 5.82. The number of rotatable bonds is 4. The number of H-pyrrole nitrogens is 1. The molecule has 0 spiro atoms. The van der Waals surface area contributed by atoms with Crippen LogP contribution in [0.25, 0.3) is 0 Å². The Bertz CT molecular complexity index is 379. The van der Waals surface area contributed by atoms with Crippen LogP contribution in [0.2, 0.25) is 0 Å². The van der Waals surface area contributed by atoms with Crippen molar-refractivity contribution in [1.82, 2.24) is 14.5 Å². The van der Waals surface area contributed by atoms with Gasteiger partial charge in [-0.05, 0) is 25.6 Å². The average molecular weight is 241 g/mol. The maximum atomic E-state index is 5.32. The second-order valence-electron chi connectivity index (χ2n) is 4.19. The topological polar surface area (TPSA) is 33.2 Å². The number of aromatic amines is 1. The van der Waals surface area contributed by atoms with Gasteiger partial charge < -0.3 is 14.3 Å². The van der Waals surface area contributed by atoms with Crippen LogP contribution in [-0.2, 0) is 11.3 Å². The number of morpholine rings is 1. The minimum absolute atomic E-state index is 0.833. The summed E-state index contributed by atoms with van der Waals surface area (Å²) in [5, 5.41) is 0. The first kappa shape index (κ1) is 11.8. The van der Waals surface area contributed by atoms with E-state index in [2.05, 4.69) is 21.4 Å². The van der Waals surface area contributed by atoms with E-state index in [9.17, 15) is 0 Å². The SMILES string of the molecule is Cc1c[nH]c(=S)n1CCCN1CCOCC1. The zero-order chi connectivity index (χ0) is 11.4. The van der Waals surface area contributed by atoms with Gasteiger partial charge in [0.05, 0.1) is 13.2 Å². The molecule has 1 N–H and O–H groups in total. The molecule has 4 nitrogen and oxygen atoms in total. The van der Waals surface area contributed by atoms with Gasteiger partial charge in [0.2, 0.25) is 0 Å². The average Bonchev–Trinajstić information content (AvgIpc) is 2.62. The zero-order valence-electron chi connectivity index (χ0n) is 9.74. The Balaban J connectivity index is 1.77. The molecule has 0 saturated carbocycles. The van der Waals surface area contributed by atoms with E-state index in [0.717, 1.165) is 50.6 Å². The lowest BCUT2D eigenvalue weighted by atomic mass is 10.3. The van der Waals surface area contributed by atoms with Crippen molar-refractivity contribution in [1.29, 1.82) is 0 Å². The lowest BCUT2D eigenvalue weighted by molar-refractivity contribution is 0.0369. The standard InChI is InChI=1S/C11H19N3OS/c1-10-9-12-11(16)14(10)4-2-3-13-5-7-15-8-6-13/h9H,2-8H2,1H3,(H,12,16). The second-order valence-corrected chi connectivity index (χ2v) is 4.58. The maximum Gasteiger partial charge on any atom is 0.177 e. The Kier molecular flexibility index (Phi) is 4.15. The molecule has 1 fully saturated rings. The second kappa shape index (κ2) is 5.61. The van der Waals surface area contributed by atoms with Crippen LogP contribution < -0.4 is 0 Å². The smallest absolute Gasteiger partial charge is 0.177 e. The van der Waals surface area contributed by atoms with Gasteiger partial charge in [0.25, 0.3) is 0 Å². The number of hydrogen-bond acceptors (Lipinski definition) is 3. The van der Waals surface area contributed by atoms with Gasteiger partial charge in [-0.1, -0.05) is 0 Å². The normalized spacial score (nSPS) is 17.8. The van der Waals surface area contributed by atoms with E-state index in [0.29, 0.717) is 0 Å².